The number of allylic oxidation sites excluding steroid dienone is 1. The van der Waals surface area contributed by atoms with Crippen LogP contribution < -0.4 is 9.47 Å². The minimum absolute atomic E-state index is 0.0735. The van der Waals surface area contributed by atoms with E-state index in [1.807, 2.05) is 0 Å². The van der Waals surface area contributed by atoms with Gasteiger partial charge in [-0.15, -0.1) is 0 Å². The second-order valence-electron chi connectivity index (χ2n) is 9.63. The molecule has 0 amide bonds. The maximum Gasteiger partial charge on any atom is 0.430 e. The van der Waals surface area contributed by atoms with E-state index in [1.165, 1.54) is 26.0 Å². The zero-order valence-electron chi connectivity index (χ0n) is 23.3. The molecule has 2 aromatic rings. The van der Waals surface area contributed by atoms with Gasteiger partial charge in [-0.3, -0.25) is 19.9 Å². The molecule has 3 atom stereocenters. The zero-order valence-corrected chi connectivity index (χ0v) is 23.3. The summed E-state index contributed by atoms with van der Waals surface area (Å²) in [7, 11) is 0. The van der Waals surface area contributed by atoms with Crippen molar-refractivity contribution >= 4 is 23.3 Å². The number of epoxide rings is 1. The third-order valence-electron chi connectivity index (χ3n) is 6.56. The Morgan fingerprint density at radius 1 is 1.07 bits per heavy atom. The van der Waals surface area contributed by atoms with Crippen molar-refractivity contribution in [2.45, 2.75) is 38.5 Å². The number of nitrogens with zero attached hydrogens (tertiary/aromatic N) is 2. The normalized spacial score (nSPS) is 19.7. The van der Waals surface area contributed by atoms with E-state index in [1.54, 1.807) is 24.3 Å². The van der Waals surface area contributed by atoms with Crippen molar-refractivity contribution in [2.24, 2.45) is 10.9 Å². The highest BCUT2D eigenvalue weighted by Crippen LogP contribution is 2.44. The van der Waals surface area contributed by atoms with E-state index in [0.717, 1.165) is 12.1 Å². The Morgan fingerprint density at radius 3 is 2.35 bits per heavy atom. The number of hydrogen-bond donors (Lipinski definition) is 0. The number of benzene rings is 2. The molecule has 1 fully saturated rings. The summed E-state index contributed by atoms with van der Waals surface area (Å²) < 4.78 is 68.9. The molecular formula is C29H29F3N2O9. The number of rotatable bonds is 13. The van der Waals surface area contributed by atoms with Gasteiger partial charge in [-0.1, -0.05) is 12.1 Å². The van der Waals surface area contributed by atoms with Crippen LogP contribution in [0.5, 0.6) is 11.5 Å². The molecule has 0 radical (unpaired) electrons. The van der Waals surface area contributed by atoms with Gasteiger partial charge in [0.2, 0.25) is 0 Å². The van der Waals surface area contributed by atoms with Gasteiger partial charge in [-0.05, 0) is 43.7 Å². The molecule has 0 saturated carbocycles. The highest BCUT2D eigenvalue weighted by molar-refractivity contribution is 6.10. The molecule has 230 valence electrons. The number of carbonyl (C=O) groups is 2. The third kappa shape index (κ3) is 8.09. The van der Waals surface area contributed by atoms with Gasteiger partial charge in [0.05, 0.1) is 36.9 Å². The summed E-state index contributed by atoms with van der Waals surface area (Å²) in [5, 5.41) is 11.4. The number of esters is 2. The molecule has 2 aromatic carbocycles. The molecule has 0 N–H and O–H groups in total. The Kier molecular flexibility index (Phi) is 10.0. The molecule has 0 aromatic heterocycles. The van der Waals surface area contributed by atoms with Crippen molar-refractivity contribution in [2.75, 3.05) is 33.0 Å². The van der Waals surface area contributed by atoms with E-state index < -0.39 is 46.3 Å². The number of nitro groups is 1. The highest BCUT2D eigenvalue weighted by Gasteiger charge is 2.53. The Labute approximate surface area is 244 Å². The first-order valence-corrected chi connectivity index (χ1v) is 13.4. The first-order chi connectivity index (χ1) is 20.5. The number of hydrogen-bond acceptors (Lipinski definition) is 10. The number of carbonyl (C=O) groups excluding carboxylic acids is 2. The van der Waals surface area contributed by atoms with E-state index in [2.05, 4.69) is 4.99 Å². The average molecular weight is 607 g/mol. The third-order valence-corrected chi connectivity index (χ3v) is 6.56. The lowest BCUT2D eigenvalue weighted by Gasteiger charge is -2.33. The van der Waals surface area contributed by atoms with Gasteiger partial charge in [-0.2, -0.15) is 13.2 Å². The fourth-order valence-electron chi connectivity index (χ4n) is 4.52. The number of alkyl halides is 3. The monoisotopic (exact) mass is 606 g/mol. The van der Waals surface area contributed by atoms with Gasteiger partial charge >= 0.3 is 18.1 Å². The molecule has 2 aliphatic heterocycles. The predicted octanol–water partition coefficient (Wildman–Crippen LogP) is 4.94. The molecule has 11 nitrogen and oxygen atoms in total. The van der Waals surface area contributed by atoms with Gasteiger partial charge in [0.1, 0.15) is 35.8 Å². The fourth-order valence-corrected chi connectivity index (χ4v) is 4.52. The van der Waals surface area contributed by atoms with Crippen LogP contribution in [0.2, 0.25) is 0 Å². The highest BCUT2D eigenvalue weighted by atomic mass is 19.4. The molecule has 43 heavy (non-hydrogen) atoms. The van der Waals surface area contributed by atoms with Crippen LogP contribution in [-0.2, 0) is 23.8 Å². The van der Waals surface area contributed by atoms with E-state index in [0.29, 0.717) is 24.7 Å². The molecule has 0 spiro atoms. The van der Waals surface area contributed by atoms with Crippen molar-refractivity contribution in [1.82, 2.24) is 0 Å². The summed E-state index contributed by atoms with van der Waals surface area (Å²) in [5.74, 6) is -4.80. The Bertz CT molecular complexity index is 1400. The van der Waals surface area contributed by atoms with Crippen molar-refractivity contribution in [3.05, 3.63) is 75.5 Å². The summed E-state index contributed by atoms with van der Waals surface area (Å²) in [6.45, 7) is 3.49. The Hall–Kier alpha value is -4.46. The number of aliphatic imine (C=N–C) groups is 1. The zero-order chi connectivity index (χ0) is 31.1. The summed E-state index contributed by atoms with van der Waals surface area (Å²) in [5.41, 5.74) is -2.64. The molecule has 0 aliphatic carbocycles. The van der Waals surface area contributed by atoms with Crippen LogP contribution in [-0.4, -0.2) is 67.9 Å². The van der Waals surface area contributed by atoms with Gasteiger partial charge in [0.25, 0.3) is 5.69 Å². The second-order valence-corrected chi connectivity index (χ2v) is 9.63. The number of nitro benzene ring substituents is 1. The number of halogens is 3. The average Bonchev–Trinajstić information content (AvgIpc) is 3.80. The molecule has 1 saturated heterocycles. The van der Waals surface area contributed by atoms with Crippen molar-refractivity contribution < 1.29 is 51.4 Å². The lowest BCUT2D eigenvalue weighted by Crippen LogP contribution is -2.44. The number of ether oxygens (including phenoxy) is 5. The van der Waals surface area contributed by atoms with E-state index in [4.69, 9.17) is 23.7 Å². The van der Waals surface area contributed by atoms with Gasteiger partial charge in [-0.25, -0.2) is 4.79 Å². The molecular weight excluding hydrogens is 577 g/mol. The Morgan fingerprint density at radius 2 is 1.74 bits per heavy atom. The SMILES string of the molecule is CCOC(=O)C1C(C(F)(F)F)=NC(C)=C(C(=O)OCCCOc2ccc(OCC3CO3)cc2)C1c1cccc([N+](=O)[O-])c1. The van der Waals surface area contributed by atoms with Crippen LogP contribution in [0.4, 0.5) is 18.9 Å². The van der Waals surface area contributed by atoms with Crippen LogP contribution in [0.1, 0.15) is 31.7 Å². The minimum Gasteiger partial charge on any atom is -0.493 e. The van der Waals surface area contributed by atoms with Crippen molar-refractivity contribution in [3.8, 4) is 11.5 Å². The smallest absolute Gasteiger partial charge is 0.430 e. The molecule has 3 unspecified atom stereocenters. The van der Waals surface area contributed by atoms with E-state index in [9.17, 15) is 32.9 Å². The molecule has 2 aliphatic rings. The predicted molar refractivity (Wildman–Crippen MR) is 145 cm³/mol. The minimum atomic E-state index is -5.06. The maximum absolute atomic E-state index is 14.1. The van der Waals surface area contributed by atoms with Crippen molar-refractivity contribution in [3.63, 3.8) is 0 Å². The van der Waals surface area contributed by atoms with Crippen LogP contribution in [0.3, 0.4) is 0 Å². The molecule has 14 heteroatoms. The Balaban J connectivity index is 1.49. The molecule has 4 rings (SSSR count). The van der Waals surface area contributed by atoms with E-state index >= 15 is 0 Å². The standard InChI is InChI=1S/C29H29F3N2O9/c1-3-39-28(36)25-24(18-6-4-7-19(14-18)34(37)38)23(17(2)33-26(25)29(30,31)32)27(35)41-13-5-12-40-20-8-10-21(11-9-20)42-15-22-16-43-22/h4,6-11,14,22,24-25H,3,5,12-13,15-16H2,1-2H3. The van der Waals surface area contributed by atoms with Gasteiger partial charge in [0.15, 0.2) is 0 Å². The number of non-ortho nitro benzene ring substituents is 1. The molecule has 2 heterocycles. The van der Waals surface area contributed by atoms with Gasteiger partial charge < -0.3 is 23.7 Å². The van der Waals surface area contributed by atoms with Crippen LogP contribution in [0.15, 0.2) is 64.8 Å². The lowest BCUT2D eigenvalue weighted by molar-refractivity contribution is -0.384. The summed E-state index contributed by atoms with van der Waals surface area (Å²) in [4.78, 5) is 40.5. The summed E-state index contributed by atoms with van der Waals surface area (Å²) in [6, 6.07) is 11.6. The fraction of sp³-hybridized carbons (Fsp3) is 0.414. The van der Waals surface area contributed by atoms with Crippen molar-refractivity contribution in [1.29, 1.82) is 0 Å². The second kappa shape index (κ2) is 13.7. The van der Waals surface area contributed by atoms with Crippen LogP contribution in [0, 0.1) is 16.0 Å². The van der Waals surface area contributed by atoms with Crippen LogP contribution >= 0.6 is 0 Å². The summed E-state index contributed by atoms with van der Waals surface area (Å²) in [6.07, 6.45) is -4.70. The largest absolute Gasteiger partial charge is 0.493 e. The quantitative estimate of drug-likeness (QED) is 0.102. The van der Waals surface area contributed by atoms with E-state index in [-0.39, 0.29) is 49.2 Å². The first-order valence-electron chi connectivity index (χ1n) is 13.4. The maximum atomic E-state index is 14.1. The summed E-state index contributed by atoms with van der Waals surface area (Å²) >= 11 is 0. The van der Waals surface area contributed by atoms with Gasteiger partial charge in [0, 0.05) is 30.2 Å². The molecule has 0 bridgehead atoms. The topological polar surface area (TPSA) is 139 Å². The first kappa shape index (κ1) is 31.5. The van der Waals surface area contributed by atoms with Crippen LogP contribution in [0.25, 0.3) is 0 Å². The lowest BCUT2D eigenvalue weighted by atomic mass is 9.75.